The fraction of sp³-hybridized carbons (Fsp3) is 0.167. The van der Waals surface area contributed by atoms with E-state index >= 15 is 0 Å². The van der Waals surface area contributed by atoms with Gasteiger partial charge in [-0.3, -0.25) is 4.90 Å². The number of nitrogens with zero attached hydrogens (tertiary/aromatic N) is 1. The summed E-state index contributed by atoms with van der Waals surface area (Å²) in [4.78, 5) is 13.5. The lowest BCUT2D eigenvalue weighted by Gasteiger charge is -2.19. The van der Waals surface area contributed by atoms with Gasteiger partial charge in [-0.1, -0.05) is 42.5 Å². The van der Waals surface area contributed by atoms with Crippen LogP contribution < -0.4 is 0 Å². The molecule has 2 heterocycles. The highest BCUT2D eigenvalue weighted by atomic mass is 16.4. The largest absolute Gasteiger partial charge is 0.478 e. The summed E-state index contributed by atoms with van der Waals surface area (Å²) in [5.41, 5.74) is 5.21. The molecule has 0 saturated carbocycles. The topological polar surface area (TPSA) is 40.5 Å². The van der Waals surface area contributed by atoms with Crippen molar-refractivity contribution in [2.24, 2.45) is 0 Å². The van der Waals surface area contributed by atoms with E-state index in [0.717, 1.165) is 5.56 Å². The number of likely N-dealkylation sites (N-methyl/N-ethyl adjacent to an activating group) is 1. The van der Waals surface area contributed by atoms with Gasteiger partial charge >= 0.3 is 5.97 Å². The molecule has 21 heavy (non-hydrogen) atoms. The van der Waals surface area contributed by atoms with E-state index in [4.69, 9.17) is 0 Å². The Balaban J connectivity index is 1.84. The molecule has 2 atom stereocenters. The molecule has 104 valence electrons. The first-order chi connectivity index (χ1) is 10.2. The Morgan fingerprint density at radius 3 is 2.57 bits per heavy atom. The van der Waals surface area contributed by atoms with Gasteiger partial charge in [-0.05, 0) is 41.4 Å². The van der Waals surface area contributed by atoms with E-state index in [1.54, 1.807) is 6.07 Å². The van der Waals surface area contributed by atoms with Crippen molar-refractivity contribution in [3.63, 3.8) is 0 Å². The number of benzene rings is 2. The standard InChI is InChI=1S/C18H15NO2/c1-19-16-10-14(11-5-3-2-4-6-11)17(19)15-9-12(18(20)21)7-8-13(15)16/h2-10,16-17H,1H3,(H,20,21). The van der Waals surface area contributed by atoms with Crippen molar-refractivity contribution in [3.05, 3.63) is 76.9 Å². The number of carbonyl (C=O) groups is 1. The van der Waals surface area contributed by atoms with Crippen molar-refractivity contribution in [2.45, 2.75) is 12.1 Å². The lowest BCUT2D eigenvalue weighted by atomic mass is 9.87. The van der Waals surface area contributed by atoms with Crippen LogP contribution in [0.5, 0.6) is 0 Å². The van der Waals surface area contributed by atoms with E-state index in [2.05, 4.69) is 30.2 Å². The molecule has 2 unspecified atom stereocenters. The first-order valence-electron chi connectivity index (χ1n) is 7.03. The first-order valence-corrected chi connectivity index (χ1v) is 7.03. The third-order valence-corrected chi connectivity index (χ3v) is 4.53. The Bertz CT molecular complexity index is 764. The number of hydrogen-bond acceptors (Lipinski definition) is 2. The molecule has 0 spiro atoms. The van der Waals surface area contributed by atoms with E-state index in [1.165, 1.54) is 16.7 Å². The smallest absolute Gasteiger partial charge is 0.335 e. The van der Waals surface area contributed by atoms with E-state index in [-0.39, 0.29) is 12.1 Å². The number of hydrogen-bond donors (Lipinski definition) is 1. The number of rotatable bonds is 2. The van der Waals surface area contributed by atoms with Gasteiger partial charge in [0.2, 0.25) is 0 Å². The van der Waals surface area contributed by atoms with Gasteiger partial charge < -0.3 is 5.11 Å². The number of carboxylic acids is 1. The van der Waals surface area contributed by atoms with Gasteiger partial charge in [0.15, 0.2) is 0 Å². The van der Waals surface area contributed by atoms with Gasteiger partial charge in [-0.15, -0.1) is 0 Å². The molecule has 0 aliphatic carbocycles. The van der Waals surface area contributed by atoms with E-state index in [1.807, 2.05) is 30.3 Å². The Labute approximate surface area is 123 Å². The Hall–Kier alpha value is -2.39. The minimum Gasteiger partial charge on any atom is -0.478 e. The molecule has 1 N–H and O–H groups in total. The molecule has 2 aromatic rings. The molecule has 2 bridgehead atoms. The van der Waals surface area contributed by atoms with Crippen LogP contribution in [0.15, 0.2) is 54.6 Å². The molecular formula is C18H15NO2. The summed E-state index contributed by atoms with van der Waals surface area (Å²) in [6, 6.07) is 16.2. The number of fused-ring (bicyclic) bond motifs is 5. The molecule has 2 aliphatic heterocycles. The predicted molar refractivity (Wildman–Crippen MR) is 81.1 cm³/mol. The molecule has 2 aromatic carbocycles. The summed E-state index contributed by atoms with van der Waals surface area (Å²) in [5.74, 6) is -0.867. The molecule has 3 heteroatoms. The normalized spacial score (nSPS) is 23.0. The van der Waals surface area contributed by atoms with Crippen LogP contribution in [0.1, 0.15) is 39.1 Å². The van der Waals surface area contributed by atoms with Crippen LogP contribution in [0.2, 0.25) is 0 Å². The van der Waals surface area contributed by atoms with Gasteiger partial charge in [0.05, 0.1) is 17.6 Å². The second-order valence-corrected chi connectivity index (χ2v) is 5.65. The minimum absolute atomic E-state index is 0.159. The first kappa shape index (κ1) is 12.4. The minimum atomic E-state index is -0.867. The highest BCUT2D eigenvalue weighted by Crippen LogP contribution is 2.54. The van der Waals surface area contributed by atoms with E-state index < -0.39 is 5.97 Å². The molecule has 0 fully saturated rings. The summed E-state index contributed by atoms with van der Waals surface area (Å²) in [6.45, 7) is 0. The molecule has 0 amide bonds. The van der Waals surface area contributed by atoms with Gasteiger partial charge in [-0.2, -0.15) is 0 Å². The molecule has 3 nitrogen and oxygen atoms in total. The molecule has 4 rings (SSSR count). The van der Waals surface area contributed by atoms with Gasteiger partial charge in [0.1, 0.15) is 0 Å². The van der Waals surface area contributed by atoms with Crippen molar-refractivity contribution in [3.8, 4) is 0 Å². The van der Waals surface area contributed by atoms with Gasteiger partial charge in [0.25, 0.3) is 0 Å². The van der Waals surface area contributed by atoms with Crippen LogP contribution in [-0.2, 0) is 0 Å². The lowest BCUT2D eigenvalue weighted by molar-refractivity contribution is 0.0696. The molecular weight excluding hydrogens is 262 g/mol. The quantitative estimate of drug-likeness (QED) is 0.913. The van der Waals surface area contributed by atoms with Gasteiger partial charge in [-0.25, -0.2) is 4.79 Å². The Morgan fingerprint density at radius 2 is 1.86 bits per heavy atom. The fourth-order valence-corrected chi connectivity index (χ4v) is 3.55. The summed E-state index contributed by atoms with van der Waals surface area (Å²) in [7, 11) is 2.10. The van der Waals surface area contributed by atoms with Crippen LogP contribution >= 0.6 is 0 Å². The van der Waals surface area contributed by atoms with E-state index in [0.29, 0.717) is 5.56 Å². The average molecular weight is 277 g/mol. The summed E-state index contributed by atoms with van der Waals surface area (Å²) in [6.07, 6.45) is 2.29. The van der Waals surface area contributed by atoms with Crippen LogP contribution in [-0.4, -0.2) is 23.0 Å². The molecule has 0 saturated heterocycles. The Morgan fingerprint density at radius 1 is 1.10 bits per heavy atom. The van der Waals surface area contributed by atoms with Crippen molar-refractivity contribution in [1.82, 2.24) is 4.90 Å². The fourth-order valence-electron chi connectivity index (χ4n) is 3.55. The highest BCUT2D eigenvalue weighted by Gasteiger charge is 2.42. The van der Waals surface area contributed by atoms with Crippen molar-refractivity contribution in [2.75, 3.05) is 7.05 Å². The van der Waals surface area contributed by atoms with Crippen LogP contribution in [0.3, 0.4) is 0 Å². The Kier molecular flexibility index (Phi) is 2.53. The van der Waals surface area contributed by atoms with Gasteiger partial charge in [0, 0.05) is 0 Å². The zero-order valence-corrected chi connectivity index (χ0v) is 11.7. The van der Waals surface area contributed by atoms with Crippen molar-refractivity contribution < 1.29 is 9.90 Å². The number of carboxylic acid groups (broad SMARTS) is 1. The maximum absolute atomic E-state index is 11.2. The predicted octanol–water partition coefficient (Wildman–Crippen LogP) is 3.51. The maximum Gasteiger partial charge on any atom is 0.335 e. The SMILES string of the molecule is CN1C2C=C(c3ccccc3)C1c1cc(C(=O)O)ccc12. The second-order valence-electron chi connectivity index (χ2n) is 5.65. The van der Waals surface area contributed by atoms with E-state index in [9.17, 15) is 9.90 Å². The van der Waals surface area contributed by atoms with Crippen LogP contribution in [0, 0.1) is 0 Å². The summed E-state index contributed by atoms with van der Waals surface area (Å²) < 4.78 is 0. The van der Waals surface area contributed by atoms with Crippen molar-refractivity contribution in [1.29, 1.82) is 0 Å². The second kappa shape index (κ2) is 4.30. The van der Waals surface area contributed by atoms with Crippen molar-refractivity contribution >= 4 is 11.5 Å². The molecule has 0 aromatic heterocycles. The third kappa shape index (κ3) is 1.68. The third-order valence-electron chi connectivity index (χ3n) is 4.53. The monoisotopic (exact) mass is 277 g/mol. The highest BCUT2D eigenvalue weighted by molar-refractivity contribution is 5.89. The lowest BCUT2D eigenvalue weighted by Crippen LogP contribution is -2.15. The zero-order valence-electron chi connectivity index (χ0n) is 11.7. The van der Waals surface area contributed by atoms with Crippen LogP contribution in [0.25, 0.3) is 5.57 Å². The molecule has 0 radical (unpaired) electrons. The summed E-state index contributed by atoms with van der Waals surface area (Å²) >= 11 is 0. The summed E-state index contributed by atoms with van der Waals surface area (Å²) in [5, 5.41) is 9.21. The molecule has 2 aliphatic rings. The number of aromatic carboxylic acids is 1. The average Bonchev–Trinajstić information content (AvgIpc) is 2.98. The maximum atomic E-state index is 11.2. The van der Waals surface area contributed by atoms with Crippen LogP contribution in [0.4, 0.5) is 0 Å². The zero-order chi connectivity index (χ0) is 14.6.